The summed E-state index contributed by atoms with van der Waals surface area (Å²) >= 11 is 5.97. The summed E-state index contributed by atoms with van der Waals surface area (Å²) in [6, 6.07) is 6.55. The fraction of sp³-hybridized carbons (Fsp3) is 0.214. The molecule has 0 aliphatic heterocycles. The van der Waals surface area contributed by atoms with E-state index in [0.29, 0.717) is 11.3 Å². The number of nitriles is 1. The Morgan fingerprint density at radius 1 is 1.33 bits per heavy atom. The maximum absolute atomic E-state index is 13.8. The van der Waals surface area contributed by atoms with Crippen LogP contribution in [0.1, 0.15) is 19.4 Å². The molecule has 0 fully saturated rings. The number of anilines is 2. The molecule has 1 heterocycles. The molecule has 0 spiro atoms. The van der Waals surface area contributed by atoms with Gasteiger partial charge in [0.2, 0.25) is 5.82 Å². The molecule has 21 heavy (non-hydrogen) atoms. The van der Waals surface area contributed by atoms with Crippen LogP contribution < -0.4 is 10.1 Å². The standard InChI is InChI=1S/C12H8ClFN4O.C2H6/c1-19-12-10(14)11(16-6-17-12)18-9-3-2-7(5-15)4-8(9)13;1-2/h2-4,6H,1H3,(H,16,17,18);1-2H3. The number of rotatable bonds is 3. The third-order valence-corrected chi connectivity index (χ3v) is 2.61. The molecule has 0 unspecified atom stereocenters. The Labute approximate surface area is 127 Å². The third-order valence-electron chi connectivity index (χ3n) is 2.30. The summed E-state index contributed by atoms with van der Waals surface area (Å²) in [5.74, 6) is -0.939. The maximum atomic E-state index is 13.8. The molecule has 0 radical (unpaired) electrons. The first-order valence-electron chi connectivity index (χ1n) is 6.17. The lowest BCUT2D eigenvalue weighted by Gasteiger charge is -2.09. The van der Waals surface area contributed by atoms with E-state index in [2.05, 4.69) is 15.3 Å². The van der Waals surface area contributed by atoms with Gasteiger partial charge in [0.25, 0.3) is 5.88 Å². The van der Waals surface area contributed by atoms with Crippen molar-refractivity contribution in [3.63, 3.8) is 0 Å². The minimum Gasteiger partial charge on any atom is -0.479 e. The molecule has 0 aliphatic carbocycles. The van der Waals surface area contributed by atoms with Crippen LogP contribution in [0.3, 0.4) is 0 Å². The van der Waals surface area contributed by atoms with Gasteiger partial charge in [0.1, 0.15) is 6.33 Å². The summed E-state index contributed by atoms with van der Waals surface area (Å²) in [5.41, 5.74) is 0.844. The Hall–Kier alpha value is -2.39. The van der Waals surface area contributed by atoms with E-state index in [9.17, 15) is 4.39 Å². The van der Waals surface area contributed by atoms with Gasteiger partial charge < -0.3 is 10.1 Å². The highest BCUT2D eigenvalue weighted by atomic mass is 35.5. The molecule has 1 aromatic carbocycles. The predicted octanol–water partition coefficient (Wildman–Crippen LogP) is 3.92. The lowest BCUT2D eigenvalue weighted by molar-refractivity contribution is 0.368. The van der Waals surface area contributed by atoms with Gasteiger partial charge >= 0.3 is 0 Å². The first kappa shape index (κ1) is 16.7. The zero-order valence-electron chi connectivity index (χ0n) is 11.8. The van der Waals surface area contributed by atoms with Gasteiger partial charge in [-0.2, -0.15) is 14.6 Å². The van der Waals surface area contributed by atoms with E-state index in [1.807, 2.05) is 19.9 Å². The number of benzene rings is 1. The highest BCUT2D eigenvalue weighted by Crippen LogP contribution is 2.28. The summed E-state index contributed by atoms with van der Waals surface area (Å²) < 4.78 is 18.6. The molecule has 5 nitrogen and oxygen atoms in total. The van der Waals surface area contributed by atoms with Crippen LogP contribution >= 0.6 is 11.6 Å². The van der Waals surface area contributed by atoms with Gasteiger partial charge in [0.15, 0.2) is 5.82 Å². The Morgan fingerprint density at radius 2 is 2.05 bits per heavy atom. The van der Waals surface area contributed by atoms with Crippen LogP contribution in [0.15, 0.2) is 24.5 Å². The average Bonchev–Trinajstić information content (AvgIpc) is 2.53. The topological polar surface area (TPSA) is 70.8 Å². The molecule has 0 bridgehead atoms. The molecule has 2 rings (SSSR count). The summed E-state index contributed by atoms with van der Waals surface area (Å²) in [6.45, 7) is 4.00. The number of hydrogen-bond acceptors (Lipinski definition) is 5. The Balaban J connectivity index is 0.00000106. The highest BCUT2D eigenvalue weighted by Gasteiger charge is 2.12. The van der Waals surface area contributed by atoms with Gasteiger partial charge in [-0.05, 0) is 18.2 Å². The van der Waals surface area contributed by atoms with E-state index < -0.39 is 5.82 Å². The fourth-order valence-electron chi connectivity index (χ4n) is 1.40. The summed E-state index contributed by atoms with van der Waals surface area (Å²) in [4.78, 5) is 7.39. The number of nitrogens with zero attached hydrogens (tertiary/aromatic N) is 3. The predicted molar refractivity (Wildman–Crippen MR) is 79.3 cm³/mol. The zero-order valence-corrected chi connectivity index (χ0v) is 12.6. The smallest absolute Gasteiger partial charge is 0.255 e. The molecule has 1 aromatic heterocycles. The SMILES string of the molecule is CC.COc1ncnc(Nc2ccc(C#N)cc2Cl)c1F. The largest absolute Gasteiger partial charge is 0.479 e. The number of methoxy groups -OCH3 is 1. The molecular weight excluding hydrogens is 295 g/mol. The molecule has 0 saturated carbocycles. The van der Waals surface area contributed by atoms with Crippen LogP contribution in [0, 0.1) is 17.1 Å². The second-order valence-corrected chi connectivity index (χ2v) is 3.88. The van der Waals surface area contributed by atoms with Gasteiger partial charge in [0.05, 0.1) is 29.5 Å². The average molecular weight is 309 g/mol. The minimum absolute atomic E-state index is 0.0570. The van der Waals surface area contributed by atoms with Crippen molar-refractivity contribution >= 4 is 23.1 Å². The normalized spacial score (nSPS) is 9.14. The Morgan fingerprint density at radius 3 is 2.62 bits per heavy atom. The lowest BCUT2D eigenvalue weighted by Crippen LogP contribution is -2.01. The van der Waals surface area contributed by atoms with Crippen LogP contribution in [-0.4, -0.2) is 17.1 Å². The minimum atomic E-state index is -0.717. The zero-order chi connectivity index (χ0) is 15.8. The summed E-state index contributed by atoms with van der Waals surface area (Å²) in [5, 5.41) is 11.7. The molecule has 0 saturated heterocycles. The first-order chi connectivity index (χ1) is 10.2. The monoisotopic (exact) mass is 308 g/mol. The van der Waals surface area contributed by atoms with E-state index in [1.165, 1.54) is 19.5 Å². The van der Waals surface area contributed by atoms with Crippen molar-refractivity contribution in [2.45, 2.75) is 13.8 Å². The van der Waals surface area contributed by atoms with E-state index in [4.69, 9.17) is 21.6 Å². The Bertz CT molecular complexity index is 658. The van der Waals surface area contributed by atoms with Crippen molar-refractivity contribution in [2.75, 3.05) is 12.4 Å². The lowest BCUT2D eigenvalue weighted by atomic mass is 10.2. The fourth-order valence-corrected chi connectivity index (χ4v) is 1.62. The number of nitrogens with one attached hydrogen (secondary N) is 1. The van der Waals surface area contributed by atoms with Crippen LogP contribution in [0.2, 0.25) is 5.02 Å². The van der Waals surface area contributed by atoms with Crippen molar-refractivity contribution in [3.8, 4) is 11.9 Å². The first-order valence-corrected chi connectivity index (χ1v) is 6.54. The molecule has 0 aliphatic rings. The van der Waals surface area contributed by atoms with Gasteiger partial charge in [-0.15, -0.1) is 0 Å². The number of ether oxygens (including phenoxy) is 1. The molecular formula is C14H14ClFN4O. The molecule has 2 aromatic rings. The maximum Gasteiger partial charge on any atom is 0.255 e. The van der Waals surface area contributed by atoms with Gasteiger partial charge in [-0.1, -0.05) is 25.4 Å². The van der Waals surface area contributed by atoms with Crippen LogP contribution in [0.5, 0.6) is 5.88 Å². The van der Waals surface area contributed by atoms with Crippen molar-refractivity contribution < 1.29 is 9.13 Å². The number of halogens is 2. The molecule has 7 heteroatoms. The van der Waals surface area contributed by atoms with Gasteiger partial charge in [-0.3, -0.25) is 0 Å². The van der Waals surface area contributed by atoms with Gasteiger partial charge in [0, 0.05) is 0 Å². The van der Waals surface area contributed by atoms with Crippen molar-refractivity contribution in [3.05, 3.63) is 40.9 Å². The van der Waals surface area contributed by atoms with Crippen molar-refractivity contribution in [2.24, 2.45) is 0 Å². The molecule has 110 valence electrons. The second-order valence-electron chi connectivity index (χ2n) is 3.48. The highest BCUT2D eigenvalue weighted by molar-refractivity contribution is 6.33. The molecule has 0 amide bonds. The van der Waals surface area contributed by atoms with Crippen LogP contribution in [0.4, 0.5) is 15.9 Å². The molecule has 1 N–H and O–H groups in total. The van der Waals surface area contributed by atoms with Gasteiger partial charge in [-0.25, -0.2) is 4.98 Å². The van der Waals surface area contributed by atoms with E-state index in [0.717, 1.165) is 0 Å². The molecule has 0 atom stereocenters. The van der Waals surface area contributed by atoms with E-state index in [-0.39, 0.29) is 16.7 Å². The van der Waals surface area contributed by atoms with Crippen molar-refractivity contribution in [1.29, 1.82) is 5.26 Å². The van der Waals surface area contributed by atoms with Crippen LogP contribution in [-0.2, 0) is 0 Å². The Kier molecular flexibility index (Phi) is 6.37. The number of hydrogen-bond donors (Lipinski definition) is 1. The van der Waals surface area contributed by atoms with E-state index in [1.54, 1.807) is 12.1 Å². The van der Waals surface area contributed by atoms with Crippen molar-refractivity contribution in [1.82, 2.24) is 9.97 Å². The van der Waals surface area contributed by atoms with E-state index >= 15 is 0 Å². The third kappa shape index (κ3) is 4.04. The van der Waals surface area contributed by atoms with Crippen LogP contribution in [0.25, 0.3) is 0 Å². The quantitative estimate of drug-likeness (QED) is 0.930. The summed E-state index contributed by atoms with van der Waals surface area (Å²) in [7, 11) is 1.31. The summed E-state index contributed by atoms with van der Waals surface area (Å²) in [6.07, 6.45) is 1.17. The second kappa shape index (κ2) is 8.02. The number of aromatic nitrogens is 2.